The summed E-state index contributed by atoms with van der Waals surface area (Å²) >= 11 is 0. The number of sulfonamides is 1. The van der Waals surface area contributed by atoms with E-state index in [0.29, 0.717) is 23.0 Å². The van der Waals surface area contributed by atoms with Crippen LogP contribution in [0.3, 0.4) is 0 Å². The molecule has 1 aliphatic rings. The molecule has 2 aromatic carbocycles. The maximum Gasteiger partial charge on any atom is 0.241 e. The van der Waals surface area contributed by atoms with Gasteiger partial charge < -0.3 is 29.4 Å². The van der Waals surface area contributed by atoms with Crippen molar-refractivity contribution in [3.63, 3.8) is 0 Å². The SMILES string of the molecule is COc1ccc(S(=O)(=O)N[C@@H](C)C(=O)NCC(O)COc2ccc3c(c2)OCO3)cc1. The van der Waals surface area contributed by atoms with Crippen LogP contribution in [0.1, 0.15) is 6.92 Å². The van der Waals surface area contributed by atoms with E-state index in [-0.39, 0.29) is 24.8 Å². The van der Waals surface area contributed by atoms with E-state index in [9.17, 15) is 18.3 Å². The Hall–Kier alpha value is -3.02. The Morgan fingerprint density at radius 3 is 2.52 bits per heavy atom. The summed E-state index contributed by atoms with van der Waals surface area (Å²) in [5.41, 5.74) is 0. The Kier molecular flexibility index (Phi) is 7.21. The Balaban J connectivity index is 1.44. The zero-order valence-corrected chi connectivity index (χ0v) is 17.8. The molecule has 1 aliphatic heterocycles. The fraction of sp³-hybridized carbons (Fsp3) is 0.350. The van der Waals surface area contributed by atoms with Gasteiger partial charge in [0.25, 0.3) is 0 Å². The third kappa shape index (κ3) is 6.00. The van der Waals surface area contributed by atoms with Gasteiger partial charge in [0.05, 0.1) is 18.0 Å². The zero-order chi connectivity index (χ0) is 22.4. The third-order valence-electron chi connectivity index (χ3n) is 4.39. The first kappa shape index (κ1) is 22.7. The molecule has 3 N–H and O–H groups in total. The second-order valence-corrected chi connectivity index (χ2v) is 8.46. The number of hydrogen-bond acceptors (Lipinski definition) is 8. The number of methoxy groups -OCH3 is 1. The maximum absolute atomic E-state index is 12.4. The molecule has 0 saturated heterocycles. The Morgan fingerprint density at radius 1 is 1.13 bits per heavy atom. The number of benzene rings is 2. The number of nitrogens with one attached hydrogen (secondary N) is 2. The maximum atomic E-state index is 12.4. The standard InChI is InChI=1S/C20H24N2O8S/c1-13(22-31(25,26)17-6-3-15(27-2)4-7-17)20(24)21-10-14(23)11-28-16-5-8-18-19(9-16)30-12-29-18/h3-9,13-14,22-23H,10-12H2,1-2H3,(H,21,24)/t13-,14?/m0/s1. The van der Waals surface area contributed by atoms with Gasteiger partial charge in [-0.3, -0.25) is 4.79 Å². The fourth-order valence-electron chi connectivity index (χ4n) is 2.70. The molecule has 1 heterocycles. The van der Waals surface area contributed by atoms with E-state index in [2.05, 4.69) is 10.0 Å². The van der Waals surface area contributed by atoms with Gasteiger partial charge in [-0.05, 0) is 43.3 Å². The molecule has 0 saturated carbocycles. The first-order valence-corrected chi connectivity index (χ1v) is 10.9. The van der Waals surface area contributed by atoms with Gasteiger partial charge in [0.15, 0.2) is 11.5 Å². The van der Waals surface area contributed by atoms with Gasteiger partial charge >= 0.3 is 0 Å². The molecule has 1 unspecified atom stereocenters. The predicted octanol–water partition coefficient (Wildman–Crippen LogP) is 0.647. The molecular formula is C20H24N2O8S. The predicted molar refractivity (Wildman–Crippen MR) is 110 cm³/mol. The number of carbonyl (C=O) groups excluding carboxylic acids is 1. The lowest BCUT2D eigenvalue weighted by molar-refractivity contribution is -0.122. The minimum Gasteiger partial charge on any atom is -0.497 e. The smallest absolute Gasteiger partial charge is 0.241 e. The molecule has 0 spiro atoms. The van der Waals surface area contributed by atoms with Crippen LogP contribution >= 0.6 is 0 Å². The molecule has 0 aliphatic carbocycles. The second kappa shape index (κ2) is 9.86. The van der Waals surface area contributed by atoms with Crippen LogP contribution in [0.25, 0.3) is 0 Å². The minimum absolute atomic E-state index is 0.00473. The molecule has 0 radical (unpaired) electrons. The van der Waals surface area contributed by atoms with E-state index < -0.39 is 28.1 Å². The normalized spacial score (nSPS) is 14.5. The van der Waals surface area contributed by atoms with E-state index in [4.69, 9.17) is 18.9 Å². The van der Waals surface area contributed by atoms with Gasteiger partial charge in [-0.15, -0.1) is 0 Å². The summed E-state index contributed by atoms with van der Waals surface area (Å²) < 4.78 is 48.0. The van der Waals surface area contributed by atoms with Gasteiger partial charge in [0.2, 0.25) is 22.7 Å². The molecule has 3 rings (SSSR count). The number of aliphatic hydroxyl groups excluding tert-OH is 1. The highest BCUT2D eigenvalue weighted by molar-refractivity contribution is 7.89. The van der Waals surface area contributed by atoms with E-state index in [1.54, 1.807) is 18.2 Å². The van der Waals surface area contributed by atoms with Gasteiger partial charge in [-0.1, -0.05) is 0 Å². The summed E-state index contributed by atoms with van der Waals surface area (Å²) in [5, 5.41) is 12.5. The van der Waals surface area contributed by atoms with Crippen LogP contribution in [0.5, 0.6) is 23.0 Å². The Labute approximate surface area is 180 Å². The monoisotopic (exact) mass is 452 g/mol. The fourth-order valence-corrected chi connectivity index (χ4v) is 3.90. The van der Waals surface area contributed by atoms with Crippen molar-refractivity contribution in [1.82, 2.24) is 10.0 Å². The summed E-state index contributed by atoms with van der Waals surface area (Å²) in [5.74, 6) is 1.58. The van der Waals surface area contributed by atoms with Gasteiger partial charge in [-0.2, -0.15) is 4.72 Å². The number of rotatable bonds is 10. The topological polar surface area (TPSA) is 132 Å². The third-order valence-corrected chi connectivity index (χ3v) is 5.95. The van der Waals surface area contributed by atoms with Crippen molar-refractivity contribution in [3.8, 4) is 23.0 Å². The van der Waals surface area contributed by atoms with Crippen molar-refractivity contribution in [3.05, 3.63) is 42.5 Å². The van der Waals surface area contributed by atoms with Gasteiger partial charge in [0.1, 0.15) is 24.2 Å². The van der Waals surface area contributed by atoms with Crippen LogP contribution < -0.4 is 29.0 Å². The van der Waals surface area contributed by atoms with Crippen LogP contribution in [-0.4, -0.2) is 58.6 Å². The van der Waals surface area contributed by atoms with Crippen molar-refractivity contribution < 1.29 is 37.3 Å². The molecule has 0 bridgehead atoms. The average Bonchev–Trinajstić information content (AvgIpc) is 3.23. The van der Waals surface area contributed by atoms with E-state index in [1.807, 2.05) is 0 Å². The molecule has 1 amide bonds. The minimum atomic E-state index is -3.90. The van der Waals surface area contributed by atoms with Crippen LogP contribution in [0.15, 0.2) is 47.4 Å². The summed E-state index contributed by atoms with van der Waals surface area (Å²) in [6.45, 7) is 1.36. The number of carbonyl (C=O) groups is 1. The largest absolute Gasteiger partial charge is 0.497 e. The van der Waals surface area contributed by atoms with Crippen LogP contribution in [0.4, 0.5) is 0 Å². The molecule has 10 nitrogen and oxygen atoms in total. The van der Waals surface area contributed by atoms with Gasteiger partial charge in [-0.25, -0.2) is 8.42 Å². The highest BCUT2D eigenvalue weighted by Gasteiger charge is 2.22. The summed E-state index contributed by atoms with van der Waals surface area (Å²) in [6.07, 6.45) is -1.00. The van der Waals surface area contributed by atoms with E-state index >= 15 is 0 Å². The van der Waals surface area contributed by atoms with Crippen LogP contribution in [0.2, 0.25) is 0 Å². The molecule has 31 heavy (non-hydrogen) atoms. The van der Waals surface area contributed by atoms with Crippen LogP contribution in [0, 0.1) is 0 Å². The molecule has 0 fully saturated rings. The Morgan fingerprint density at radius 2 is 1.81 bits per heavy atom. The lowest BCUT2D eigenvalue weighted by atomic mass is 10.3. The summed E-state index contributed by atoms with van der Waals surface area (Å²) in [4.78, 5) is 12.2. The quantitative estimate of drug-likeness (QED) is 0.479. The number of hydrogen-bond donors (Lipinski definition) is 3. The molecule has 11 heteroatoms. The lowest BCUT2D eigenvalue weighted by Crippen LogP contribution is -2.47. The second-order valence-electron chi connectivity index (χ2n) is 6.74. The van der Waals surface area contributed by atoms with Crippen molar-refractivity contribution in [1.29, 1.82) is 0 Å². The summed E-state index contributed by atoms with van der Waals surface area (Å²) in [7, 11) is -2.42. The average molecular weight is 452 g/mol. The van der Waals surface area contributed by atoms with Crippen molar-refractivity contribution in [2.24, 2.45) is 0 Å². The van der Waals surface area contributed by atoms with Gasteiger partial charge in [0, 0.05) is 12.6 Å². The number of aliphatic hydroxyl groups is 1. The molecule has 0 aromatic heterocycles. The van der Waals surface area contributed by atoms with Crippen molar-refractivity contribution in [2.45, 2.75) is 24.0 Å². The molecule has 168 valence electrons. The number of fused-ring (bicyclic) bond motifs is 1. The first-order chi connectivity index (χ1) is 14.8. The molecule has 2 atom stereocenters. The number of amides is 1. The van der Waals surface area contributed by atoms with Crippen LogP contribution in [-0.2, 0) is 14.8 Å². The van der Waals surface area contributed by atoms with E-state index in [0.717, 1.165) is 0 Å². The highest BCUT2D eigenvalue weighted by atomic mass is 32.2. The Bertz CT molecular complexity index is 1010. The molecular weight excluding hydrogens is 428 g/mol. The summed E-state index contributed by atoms with van der Waals surface area (Å²) in [6, 6.07) is 9.74. The van der Waals surface area contributed by atoms with Crippen molar-refractivity contribution in [2.75, 3.05) is 27.1 Å². The zero-order valence-electron chi connectivity index (χ0n) is 17.0. The van der Waals surface area contributed by atoms with Crippen molar-refractivity contribution >= 4 is 15.9 Å². The lowest BCUT2D eigenvalue weighted by Gasteiger charge is -2.17. The molecule has 2 aromatic rings. The van der Waals surface area contributed by atoms with E-state index in [1.165, 1.54) is 38.3 Å². The highest BCUT2D eigenvalue weighted by Crippen LogP contribution is 2.35. The number of ether oxygens (including phenoxy) is 4. The first-order valence-electron chi connectivity index (χ1n) is 9.43.